The third kappa shape index (κ3) is 13.5. The van der Waals surface area contributed by atoms with Gasteiger partial charge < -0.3 is 29.0 Å². The second-order valence-corrected chi connectivity index (χ2v) is 7.01. The van der Waals surface area contributed by atoms with E-state index in [1.54, 1.807) is 0 Å². The number of hydrogen-bond donors (Lipinski definition) is 1. The fourth-order valence-electron chi connectivity index (χ4n) is 2.69. The van der Waals surface area contributed by atoms with Crippen molar-refractivity contribution >= 4 is 5.97 Å². The van der Waals surface area contributed by atoms with Crippen LogP contribution in [0, 0.1) is 0 Å². The summed E-state index contributed by atoms with van der Waals surface area (Å²) in [5.74, 6) is 0.674. The van der Waals surface area contributed by atoms with E-state index in [0.29, 0.717) is 39.1 Å². The molecule has 0 radical (unpaired) electrons. The lowest BCUT2D eigenvalue weighted by atomic mass is 10.1. The average molecular weight is 426 g/mol. The van der Waals surface area contributed by atoms with Crippen LogP contribution in [0.1, 0.15) is 50.6 Å². The van der Waals surface area contributed by atoms with Gasteiger partial charge in [-0.05, 0) is 50.9 Å². The van der Waals surface area contributed by atoms with Gasteiger partial charge in [0.15, 0.2) is 0 Å². The predicted octanol–water partition coefficient (Wildman–Crippen LogP) is 3.52. The lowest BCUT2D eigenvalue weighted by Crippen LogP contribution is -2.12. The fraction of sp³-hybridized carbons (Fsp3) is 0.696. The fourth-order valence-corrected chi connectivity index (χ4v) is 2.69. The molecular formula is C23H39NO6. The minimum atomic E-state index is -0.263. The van der Waals surface area contributed by atoms with E-state index in [-0.39, 0.29) is 12.4 Å². The van der Waals surface area contributed by atoms with Crippen LogP contribution in [0.3, 0.4) is 0 Å². The molecule has 0 bridgehead atoms. The smallest absolute Gasteiger partial charge is 0.307 e. The summed E-state index contributed by atoms with van der Waals surface area (Å²) in [6.07, 6.45) is 4.63. The maximum Gasteiger partial charge on any atom is 0.307 e. The Morgan fingerprint density at radius 3 is 2.20 bits per heavy atom. The van der Waals surface area contributed by atoms with Crippen LogP contribution in [0.2, 0.25) is 0 Å². The summed E-state index contributed by atoms with van der Waals surface area (Å²) in [5, 5.41) is 3.24. The largest absolute Gasteiger partial charge is 0.494 e. The Balaban J connectivity index is 1.84. The van der Waals surface area contributed by atoms with Crippen molar-refractivity contribution in [3.05, 3.63) is 29.8 Å². The number of esters is 1. The average Bonchev–Trinajstić information content (AvgIpc) is 2.78. The van der Waals surface area contributed by atoms with Crippen LogP contribution < -0.4 is 10.1 Å². The maximum atomic E-state index is 10.9. The topological polar surface area (TPSA) is 75.3 Å². The molecule has 0 saturated carbocycles. The molecule has 7 nitrogen and oxygen atoms in total. The molecule has 0 aromatic heterocycles. The Morgan fingerprint density at radius 2 is 1.53 bits per heavy atom. The van der Waals surface area contributed by atoms with Gasteiger partial charge in [0.1, 0.15) is 5.75 Å². The van der Waals surface area contributed by atoms with Gasteiger partial charge in [0.25, 0.3) is 0 Å². The number of ether oxygens (including phenoxy) is 5. The second kappa shape index (κ2) is 18.1. The summed E-state index contributed by atoms with van der Waals surface area (Å²) in [6.45, 7) is 6.11. The molecule has 0 aliphatic carbocycles. The van der Waals surface area contributed by atoms with Gasteiger partial charge in [-0.2, -0.15) is 0 Å². The number of rotatable bonds is 19. The molecule has 7 heteroatoms. The van der Waals surface area contributed by atoms with E-state index < -0.39 is 0 Å². The maximum absolute atomic E-state index is 10.9. The standard InChI is InChI=1S/C23H39NO6/c1-20(24-2)21-9-8-10-22(19-21)30-13-7-5-4-6-12-27-15-17-29-18-16-28-14-11-23(25)26-3/h8-10,19-20,24H,4-7,11-18H2,1-3H3/t20-/m1/s1. The molecule has 1 N–H and O–H groups in total. The lowest BCUT2D eigenvalue weighted by Gasteiger charge is -2.12. The monoisotopic (exact) mass is 425 g/mol. The van der Waals surface area contributed by atoms with E-state index in [1.807, 2.05) is 19.2 Å². The summed E-state index contributed by atoms with van der Waals surface area (Å²) < 4.78 is 26.6. The number of unbranched alkanes of at least 4 members (excludes halogenated alkanes) is 3. The summed E-state index contributed by atoms with van der Waals surface area (Å²) in [6, 6.07) is 8.59. The van der Waals surface area contributed by atoms with Gasteiger partial charge in [-0.25, -0.2) is 0 Å². The molecule has 30 heavy (non-hydrogen) atoms. The quantitative estimate of drug-likeness (QED) is 0.268. The molecule has 0 saturated heterocycles. The summed E-state index contributed by atoms with van der Waals surface area (Å²) in [5.41, 5.74) is 1.24. The van der Waals surface area contributed by atoms with Crippen LogP contribution in [-0.4, -0.2) is 66.4 Å². The van der Waals surface area contributed by atoms with Crippen molar-refractivity contribution in [3.63, 3.8) is 0 Å². The number of hydrogen-bond acceptors (Lipinski definition) is 7. The molecule has 0 aliphatic rings. The van der Waals surface area contributed by atoms with Crippen molar-refractivity contribution in [2.75, 3.05) is 60.4 Å². The first-order chi connectivity index (χ1) is 14.7. The van der Waals surface area contributed by atoms with Crippen molar-refractivity contribution < 1.29 is 28.5 Å². The van der Waals surface area contributed by atoms with E-state index in [4.69, 9.17) is 18.9 Å². The minimum absolute atomic E-state index is 0.263. The lowest BCUT2D eigenvalue weighted by molar-refractivity contribution is -0.141. The van der Waals surface area contributed by atoms with Crippen LogP contribution in [0.25, 0.3) is 0 Å². The summed E-state index contributed by atoms with van der Waals surface area (Å²) in [7, 11) is 3.33. The minimum Gasteiger partial charge on any atom is -0.494 e. The predicted molar refractivity (Wildman–Crippen MR) is 117 cm³/mol. The van der Waals surface area contributed by atoms with Crippen molar-refractivity contribution in [1.29, 1.82) is 0 Å². The molecule has 1 aromatic rings. The molecule has 172 valence electrons. The van der Waals surface area contributed by atoms with Crippen LogP contribution in [0.5, 0.6) is 5.75 Å². The highest BCUT2D eigenvalue weighted by molar-refractivity contribution is 5.69. The molecule has 1 aromatic carbocycles. The van der Waals surface area contributed by atoms with Gasteiger partial charge in [0.2, 0.25) is 0 Å². The number of methoxy groups -OCH3 is 1. The van der Waals surface area contributed by atoms with E-state index in [1.165, 1.54) is 12.7 Å². The first kappa shape index (κ1) is 26.4. The van der Waals surface area contributed by atoms with Gasteiger partial charge in [-0.1, -0.05) is 18.6 Å². The first-order valence-corrected chi connectivity index (χ1v) is 10.9. The highest BCUT2D eigenvalue weighted by Crippen LogP contribution is 2.19. The Kier molecular flexibility index (Phi) is 15.9. The van der Waals surface area contributed by atoms with Crippen LogP contribution >= 0.6 is 0 Å². The zero-order valence-corrected chi connectivity index (χ0v) is 18.8. The summed E-state index contributed by atoms with van der Waals surface area (Å²) >= 11 is 0. The van der Waals surface area contributed by atoms with E-state index in [0.717, 1.165) is 44.6 Å². The van der Waals surface area contributed by atoms with Crippen LogP contribution in [-0.2, 0) is 23.7 Å². The normalized spacial score (nSPS) is 12.0. The van der Waals surface area contributed by atoms with Gasteiger partial charge in [0, 0.05) is 12.6 Å². The number of carbonyl (C=O) groups is 1. The van der Waals surface area contributed by atoms with Gasteiger partial charge in [-0.15, -0.1) is 0 Å². The highest BCUT2D eigenvalue weighted by Gasteiger charge is 2.03. The van der Waals surface area contributed by atoms with Gasteiger partial charge in [0.05, 0.1) is 53.2 Å². The number of benzene rings is 1. The molecule has 0 heterocycles. The van der Waals surface area contributed by atoms with Crippen molar-refractivity contribution in [2.45, 2.75) is 45.1 Å². The summed E-state index contributed by atoms with van der Waals surface area (Å²) in [4.78, 5) is 10.9. The SMILES string of the molecule is CN[C@H](C)c1cccc(OCCCCCCOCCOCCOCCC(=O)OC)c1. The zero-order valence-electron chi connectivity index (χ0n) is 18.8. The molecule has 1 rings (SSSR count). The molecular weight excluding hydrogens is 386 g/mol. The Bertz CT molecular complexity index is 554. The second-order valence-electron chi connectivity index (χ2n) is 7.01. The molecule has 0 spiro atoms. The highest BCUT2D eigenvalue weighted by atomic mass is 16.5. The molecule has 0 aliphatic heterocycles. The van der Waals surface area contributed by atoms with Gasteiger partial charge >= 0.3 is 5.97 Å². The number of nitrogens with one attached hydrogen (secondary N) is 1. The molecule has 0 amide bonds. The first-order valence-electron chi connectivity index (χ1n) is 10.9. The molecule has 0 fully saturated rings. The Morgan fingerprint density at radius 1 is 0.900 bits per heavy atom. The number of carbonyl (C=O) groups excluding carboxylic acids is 1. The van der Waals surface area contributed by atoms with Crippen LogP contribution in [0.4, 0.5) is 0 Å². The van der Waals surface area contributed by atoms with Gasteiger partial charge in [-0.3, -0.25) is 4.79 Å². The third-order valence-electron chi connectivity index (χ3n) is 4.67. The molecule has 1 atom stereocenters. The van der Waals surface area contributed by atoms with E-state index >= 15 is 0 Å². The third-order valence-corrected chi connectivity index (χ3v) is 4.67. The zero-order chi connectivity index (χ0) is 21.9. The van der Waals surface area contributed by atoms with E-state index in [9.17, 15) is 4.79 Å². The molecule has 0 unspecified atom stereocenters. The van der Waals surface area contributed by atoms with Crippen molar-refractivity contribution in [2.24, 2.45) is 0 Å². The van der Waals surface area contributed by atoms with E-state index in [2.05, 4.69) is 29.1 Å². The Labute approximate surface area is 181 Å². The van der Waals surface area contributed by atoms with Crippen LogP contribution in [0.15, 0.2) is 24.3 Å². The van der Waals surface area contributed by atoms with Crippen molar-refractivity contribution in [1.82, 2.24) is 5.32 Å². The Hall–Kier alpha value is -1.67. The van der Waals surface area contributed by atoms with Crippen molar-refractivity contribution in [3.8, 4) is 5.75 Å².